The molecule has 0 saturated heterocycles. The maximum absolute atomic E-state index is 12.7. The Labute approximate surface area is 151 Å². The summed E-state index contributed by atoms with van der Waals surface area (Å²) >= 11 is 0. The second-order valence-electron chi connectivity index (χ2n) is 6.51. The first-order chi connectivity index (χ1) is 12.5. The van der Waals surface area contributed by atoms with E-state index in [1.807, 2.05) is 38.1 Å². The molecule has 134 valence electrons. The summed E-state index contributed by atoms with van der Waals surface area (Å²) in [5.74, 6) is -0.215. The molecule has 0 fully saturated rings. The highest BCUT2D eigenvalue weighted by molar-refractivity contribution is 5.79. The van der Waals surface area contributed by atoms with E-state index in [-0.39, 0.29) is 23.9 Å². The number of pyridine rings is 1. The van der Waals surface area contributed by atoms with Crippen molar-refractivity contribution < 1.29 is 4.79 Å². The van der Waals surface area contributed by atoms with E-state index in [1.54, 1.807) is 19.3 Å². The molecule has 6 nitrogen and oxygen atoms in total. The van der Waals surface area contributed by atoms with E-state index >= 15 is 0 Å². The minimum Gasteiger partial charge on any atom is -0.345 e. The molecular formula is C20H22N4O2. The van der Waals surface area contributed by atoms with E-state index in [9.17, 15) is 9.59 Å². The van der Waals surface area contributed by atoms with Crippen LogP contribution in [0.5, 0.6) is 0 Å². The van der Waals surface area contributed by atoms with Crippen molar-refractivity contribution in [3.05, 3.63) is 86.6 Å². The molecular weight excluding hydrogens is 328 g/mol. The summed E-state index contributed by atoms with van der Waals surface area (Å²) in [6.07, 6.45) is 3.47. The number of hydrogen-bond acceptors (Lipinski definition) is 3. The Morgan fingerprint density at radius 3 is 2.65 bits per heavy atom. The maximum Gasteiger partial charge on any atom is 0.267 e. The minimum atomic E-state index is -0.325. The summed E-state index contributed by atoms with van der Waals surface area (Å²) in [5.41, 5.74) is 4.98. The van der Waals surface area contributed by atoms with Gasteiger partial charge in [0.2, 0.25) is 5.91 Å². The molecule has 0 unspecified atom stereocenters. The number of aromatic amines is 2. The quantitative estimate of drug-likeness (QED) is 0.660. The molecule has 2 heterocycles. The molecule has 1 amide bonds. The van der Waals surface area contributed by atoms with E-state index < -0.39 is 0 Å². The number of benzene rings is 1. The molecule has 0 bridgehead atoms. The van der Waals surface area contributed by atoms with Crippen LogP contribution in [0.15, 0.2) is 47.5 Å². The van der Waals surface area contributed by atoms with Crippen LogP contribution in [0.1, 0.15) is 39.6 Å². The molecule has 0 saturated carbocycles. The SMILES string of the molecule is Cc1ccc(C)c([C@@H](NC(=O)Cc2c(C)[nH][nH]c2=O)c2cccnc2)c1. The summed E-state index contributed by atoms with van der Waals surface area (Å²) in [6.45, 7) is 5.81. The number of H-pyrrole nitrogens is 2. The summed E-state index contributed by atoms with van der Waals surface area (Å²) in [6, 6.07) is 9.62. The van der Waals surface area contributed by atoms with Gasteiger partial charge >= 0.3 is 0 Å². The van der Waals surface area contributed by atoms with Crippen molar-refractivity contribution in [1.82, 2.24) is 20.5 Å². The molecule has 0 aliphatic heterocycles. The lowest BCUT2D eigenvalue weighted by Crippen LogP contribution is -2.32. The average molecular weight is 350 g/mol. The second kappa shape index (κ2) is 7.39. The van der Waals surface area contributed by atoms with Crippen molar-refractivity contribution in [3.8, 4) is 0 Å². The third-order valence-electron chi connectivity index (χ3n) is 4.50. The van der Waals surface area contributed by atoms with Gasteiger partial charge in [-0.3, -0.25) is 19.7 Å². The van der Waals surface area contributed by atoms with Crippen molar-refractivity contribution in [3.63, 3.8) is 0 Å². The van der Waals surface area contributed by atoms with E-state index in [4.69, 9.17) is 0 Å². The topological polar surface area (TPSA) is 90.6 Å². The molecule has 0 aliphatic carbocycles. The van der Waals surface area contributed by atoms with Crippen LogP contribution in [-0.2, 0) is 11.2 Å². The fourth-order valence-corrected chi connectivity index (χ4v) is 3.02. The van der Waals surface area contributed by atoms with Crippen LogP contribution in [0.2, 0.25) is 0 Å². The zero-order valence-electron chi connectivity index (χ0n) is 15.1. The zero-order chi connectivity index (χ0) is 18.7. The summed E-state index contributed by atoms with van der Waals surface area (Å²) in [4.78, 5) is 28.7. The van der Waals surface area contributed by atoms with Gasteiger partial charge in [-0.25, -0.2) is 0 Å². The molecule has 1 aromatic carbocycles. The first-order valence-corrected chi connectivity index (χ1v) is 8.48. The summed E-state index contributed by atoms with van der Waals surface area (Å²) in [7, 11) is 0. The van der Waals surface area contributed by atoms with E-state index in [0.29, 0.717) is 11.3 Å². The van der Waals surface area contributed by atoms with Crippen molar-refractivity contribution in [2.24, 2.45) is 0 Å². The third kappa shape index (κ3) is 3.74. The number of nitrogens with one attached hydrogen (secondary N) is 3. The van der Waals surface area contributed by atoms with Crippen LogP contribution in [0.4, 0.5) is 0 Å². The van der Waals surface area contributed by atoms with Gasteiger partial charge in [0.1, 0.15) is 0 Å². The van der Waals surface area contributed by atoms with E-state index in [0.717, 1.165) is 22.3 Å². The van der Waals surface area contributed by atoms with Gasteiger partial charge in [-0.05, 0) is 43.5 Å². The Hall–Kier alpha value is -3.15. The number of carbonyl (C=O) groups excluding carboxylic acids is 1. The lowest BCUT2D eigenvalue weighted by Gasteiger charge is -2.22. The minimum absolute atomic E-state index is 0.0201. The van der Waals surface area contributed by atoms with Crippen molar-refractivity contribution >= 4 is 5.91 Å². The normalized spacial score (nSPS) is 12.0. The molecule has 6 heteroatoms. The molecule has 0 radical (unpaired) electrons. The number of rotatable bonds is 5. The Kier molecular flexibility index (Phi) is 5.02. The Balaban J connectivity index is 1.93. The number of carbonyl (C=O) groups is 1. The van der Waals surface area contributed by atoms with Crippen LogP contribution in [0, 0.1) is 20.8 Å². The van der Waals surface area contributed by atoms with E-state index in [1.165, 1.54) is 0 Å². The van der Waals surface area contributed by atoms with Crippen LogP contribution >= 0.6 is 0 Å². The molecule has 3 aromatic rings. The smallest absolute Gasteiger partial charge is 0.267 e. The number of hydrogen-bond donors (Lipinski definition) is 3. The highest BCUT2D eigenvalue weighted by Gasteiger charge is 2.20. The maximum atomic E-state index is 12.7. The van der Waals surface area contributed by atoms with Gasteiger partial charge in [0.05, 0.1) is 12.5 Å². The van der Waals surface area contributed by atoms with Gasteiger partial charge in [0.15, 0.2) is 0 Å². The number of nitrogens with zero attached hydrogens (tertiary/aromatic N) is 1. The predicted molar refractivity (Wildman–Crippen MR) is 100.0 cm³/mol. The number of amides is 1. The predicted octanol–water partition coefficient (Wildman–Crippen LogP) is 2.47. The van der Waals surface area contributed by atoms with Crippen LogP contribution in [0.25, 0.3) is 0 Å². The van der Waals surface area contributed by atoms with Gasteiger partial charge < -0.3 is 10.4 Å². The average Bonchev–Trinajstić information content (AvgIpc) is 2.94. The van der Waals surface area contributed by atoms with Gasteiger partial charge in [-0.15, -0.1) is 0 Å². The summed E-state index contributed by atoms with van der Waals surface area (Å²) in [5, 5.41) is 8.32. The van der Waals surface area contributed by atoms with Crippen molar-refractivity contribution in [2.75, 3.05) is 0 Å². The number of aryl methyl sites for hydroxylation is 3. The van der Waals surface area contributed by atoms with Gasteiger partial charge in [-0.2, -0.15) is 0 Å². The zero-order valence-corrected chi connectivity index (χ0v) is 15.1. The largest absolute Gasteiger partial charge is 0.345 e. The lowest BCUT2D eigenvalue weighted by molar-refractivity contribution is -0.121. The van der Waals surface area contributed by atoms with Gasteiger partial charge in [0.25, 0.3) is 5.56 Å². The second-order valence-corrected chi connectivity index (χ2v) is 6.51. The van der Waals surface area contributed by atoms with Gasteiger partial charge in [-0.1, -0.05) is 29.8 Å². The van der Waals surface area contributed by atoms with E-state index in [2.05, 4.69) is 26.6 Å². The van der Waals surface area contributed by atoms with Crippen molar-refractivity contribution in [1.29, 1.82) is 0 Å². The molecule has 26 heavy (non-hydrogen) atoms. The monoisotopic (exact) mass is 350 g/mol. The summed E-state index contributed by atoms with van der Waals surface area (Å²) < 4.78 is 0. The first kappa shape index (κ1) is 17.7. The fourth-order valence-electron chi connectivity index (χ4n) is 3.02. The Morgan fingerprint density at radius 2 is 2.00 bits per heavy atom. The van der Waals surface area contributed by atoms with Crippen molar-refractivity contribution in [2.45, 2.75) is 33.2 Å². The fraction of sp³-hybridized carbons (Fsp3) is 0.250. The molecule has 3 rings (SSSR count). The number of aromatic nitrogens is 3. The highest BCUT2D eigenvalue weighted by Crippen LogP contribution is 2.25. The standard InChI is InChI=1S/C20H22N4O2/c1-12-6-7-13(2)16(9-12)19(15-5-4-8-21-11-15)22-18(25)10-17-14(3)23-24-20(17)26/h4-9,11,19H,10H2,1-3H3,(H,22,25)(H2,23,24,26)/t19-/m0/s1. The molecule has 1 atom stereocenters. The van der Waals surface area contributed by atoms with Gasteiger partial charge in [0, 0.05) is 23.7 Å². The highest BCUT2D eigenvalue weighted by atomic mass is 16.2. The Morgan fingerprint density at radius 1 is 1.19 bits per heavy atom. The molecule has 2 aromatic heterocycles. The third-order valence-corrected chi connectivity index (χ3v) is 4.50. The molecule has 0 aliphatic rings. The first-order valence-electron chi connectivity index (χ1n) is 8.48. The molecule has 0 spiro atoms. The molecule has 3 N–H and O–H groups in total. The van der Waals surface area contributed by atoms with Crippen LogP contribution < -0.4 is 10.9 Å². The van der Waals surface area contributed by atoms with Crippen LogP contribution in [-0.4, -0.2) is 21.1 Å². The Bertz CT molecular complexity index is 973. The van der Waals surface area contributed by atoms with Crippen LogP contribution in [0.3, 0.4) is 0 Å². The lowest BCUT2D eigenvalue weighted by atomic mass is 9.94.